The number of hydrogen-bond donors (Lipinski definition) is 2. The molecule has 150 valence electrons. The molecular weight excluding hydrogens is 396 g/mol. The number of sulfone groups is 1. The second kappa shape index (κ2) is 8.61. The van der Waals surface area contributed by atoms with Crippen LogP contribution >= 0.6 is 0 Å². The van der Waals surface area contributed by atoms with Crippen LogP contribution < -0.4 is 15.6 Å². The first-order valence-corrected chi connectivity index (χ1v) is 10.2. The number of carbonyl (C=O) groups is 2. The van der Waals surface area contributed by atoms with E-state index in [4.69, 9.17) is 9.15 Å². The fourth-order valence-corrected chi connectivity index (χ4v) is 3.73. The predicted octanol–water partition coefficient (Wildman–Crippen LogP) is 2.34. The molecule has 1 aromatic heterocycles. The summed E-state index contributed by atoms with van der Waals surface area (Å²) in [4.78, 5) is 24.4. The summed E-state index contributed by atoms with van der Waals surface area (Å²) in [5, 5.41) is 0. The minimum atomic E-state index is -3.60. The van der Waals surface area contributed by atoms with E-state index in [1.165, 1.54) is 31.4 Å². The number of furan rings is 1. The molecule has 2 N–H and O–H groups in total. The smallest absolute Gasteiger partial charge is 0.305 e. The van der Waals surface area contributed by atoms with Crippen LogP contribution in [-0.2, 0) is 15.6 Å². The number of ether oxygens (including phenoxy) is 1. The lowest BCUT2D eigenvalue weighted by atomic mass is 10.2. The zero-order chi connectivity index (χ0) is 20.9. The molecule has 0 aliphatic rings. The van der Waals surface area contributed by atoms with Gasteiger partial charge in [0.05, 0.1) is 12.0 Å². The van der Waals surface area contributed by atoms with E-state index in [9.17, 15) is 18.0 Å². The number of benzene rings is 2. The number of rotatable bonds is 6. The zero-order valence-corrected chi connectivity index (χ0v) is 16.2. The van der Waals surface area contributed by atoms with Gasteiger partial charge in [0.2, 0.25) is 0 Å². The molecule has 9 heteroatoms. The highest BCUT2D eigenvalue weighted by Crippen LogP contribution is 2.18. The maximum absolute atomic E-state index is 12.4. The molecule has 0 aliphatic carbocycles. The van der Waals surface area contributed by atoms with Crippen molar-refractivity contribution < 1.29 is 27.2 Å². The summed E-state index contributed by atoms with van der Waals surface area (Å²) in [7, 11) is -2.09. The van der Waals surface area contributed by atoms with Gasteiger partial charge in [-0.25, -0.2) is 8.42 Å². The van der Waals surface area contributed by atoms with Crippen molar-refractivity contribution in [1.29, 1.82) is 0 Å². The van der Waals surface area contributed by atoms with Crippen molar-refractivity contribution in [2.45, 2.75) is 10.6 Å². The van der Waals surface area contributed by atoms with Crippen LogP contribution in [-0.4, -0.2) is 27.3 Å². The molecule has 0 saturated heterocycles. The van der Waals surface area contributed by atoms with Gasteiger partial charge in [0, 0.05) is 5.56 Å². The van der Waals surface area contributed by atoms with Gasteiger partial charge in [0.15, 0.2) is 15.6 Å². The average molecular weight is 414 g/mol. The highest BCUT2D eigenvalue weighted by molar-refractivity contribution is 7.90. The van der Waals surface area contributed by atoms with Gasteiger partial charge in [0.25, 0.3) is 5.91 Å². The van der Waals surface area contributed by atoms with E-state index >= 15 is 0 Å². The Balaban J connectivity index is 1.59. The topological polar surface area (TPSA) is 115 Å². The van der Waals surface area contributed by atoms with Crippen LogP contribution in [0, 0.1) is 0 Å². The minimum absolute atomic E-state index is 0.112. The largest absolute Gasteiger partial charge is 0.497 e. The number of amides is 2. The van der Waals surface area contributed by atoms with E-state index < -0.39 is 21.7 Å². The Morgan fingerprint density at radius 3 is 2.21 bits per heavy atom. The minimum Gasteiger partial charge on any atom is -0.497 e. The molecule has 0 spiro atoms. The standard InChI is InChI=1S/C20H18N2O6S/c1-27-15-9-7-14(8-10-15)19(23)21-22-20(24)18-12-11-16(28-18)13-29(25,26)17-5-3-2-4-6-17/h2-12H,13H2,1H3,(H,21,23)(H,22,24). The summed E-state index contributed by atoms with van der Waals surface area (Å²) in [6.07, 6.45) is 0. The Kier molecular flexibility index (Phi) is 5.99. The molecule has 0 fully saturated rings. The fraction of sp³-hybridized carbons (Fsp3) is 0.100. The third-order valence-electron chi connectivity index (χ3n) is 3.96. The van der Waals surface area contributed by atoms with Gasteiger partial charge < -0.3 is 9.15 Å². The van der Waals surface area contributed by atoms with Gasteiger partial charge >= 0.3 is 5.91 Å². The second-order valence-corrected chi connectivity index (χ2v) is 7.96. The molecule has 29 heavy (non-hydrogen) atoms. The molecule has 8 nitrogen and oxygen atoms in total. The molecular formula is C20H18N2O6S. The van der Waals surface area contributed by atoms with Crippen LogP contribution in [0.15, 0.2) is 76.0 Å². The molecule has 0 radical (unpaired) electrons. The van der Waals surface area contributed by atoms with Crippen LogP contribution in [0.1, 0.15) is 26.7 Å². The summed E-state index contributed by atoms with van der Waals surface area (Å²) < 4.78 is 35.1. The van der Waals surface area contributed by atoms with Crippen molar-refractivity contribution in [3.8, 4) is 5.75 Å². The van der Waals surface area contributed by atoms with E-state index in [2.05, 4.69) is 10.9 Å². The van der Waals surface area contributed by atoms with Crippen LogP contribution in [0.25, 0.3) is 0 Å². The van der Waals surface area contributed by atoms with E-state index in [0.717, 1.165) is 0 Å². The molecule has 0 atom stereocenters. The summed E-state index contributed by atoms with van der Waals surface area (Å²) in [5.41, 5.74) is 4.80. The van der Waals surface area contributed by atoms with Crippen LogP contribution in [0.2, 0.25) is 0 Å². The van der Waals surface area contributed by atoms with E-state index in [1.807, 2.05) is 0 Å². The van der Waals surface area contributed by atoms with Gasteiger partial charge in [-0.3, -0.25) is 20.4 Å². The first kappa shape index (κ1) is 20.2. The van der Waals surface area contributed by atoms with Crippen LogP contribution in [0.5, 0.6) is 5.75 Å². The number of hydrogen-bond acceptors (Lipinski definition) is 6. The first-order valence-electron chi connectivity index (χ1n) is 8.50. The maximum Gasteiger partial charge on any atom is 0.305 e. The molecule has 0 bridgehead atoms. The van der Waals surface area contributed by atoms with Crippen molar-refractivity contribution >= 4 is 21.7 Å². The van der Waals surface area contributed by atoms with Crippen LogP contribution in [0.4, 0.5) is 0 Å². The quantitative estimate of drug-likeness (QED) is 0.599. The molecule has 2 amide bonds. The summed E-state index contributed by atoms with van der Waals surface area (Å²) in [6, 6.07) is 17.0. The molecule has 2 aromatic carbocycles. The average Bonchev–Trinajstić information content (AvgIpc) is 3.20. The van der Waals surface area contributed by atoms with E-state index in [0.29, 0.717) is 11.3 Å². The predicted molar refractivity (Wildman–Crippen MR) is 104 cm³/mol. The highest BCUT2D eigenvalue weighted by atomic mass is 32.2. The summed E-state index contributed by atoms with van der Waals surface area (Å²) in [6.45, 7) is 0. The molecule has 3 aromatic rings. The zero-order valence-electron chi connectivity index (χ0n) is 15.4. The van der Waals surface area contributed by atoms with Crippen LogP contribution in [0.3, 0.4) is 0 Å². The van der Waals surface area contributed by atoms with Crippen molar-refractivity contribution in [3.05, 3.63) is 83.8 Å². The van der Waals surface area contributed by atoms with Crippen molar-refractivity contribution in [1.82, 2.24) is 10.9 Å². The summed E-state index contributed by atoms with van der Waals surface area (Å²) in [5.74, 6) is -1.05. The number of carbonyl (C=O) groups excluding carboxylic acids is 2. The maximum atomic E-state index is 12.4. The number of methoxy groups -OCH3 is 1. The fourth-order valence-electron chi connectivity index (χ4n) is 2.47. The van der Waals surface area contributed by atoms with Crippen molar-refractivity contribution in [2.24, 2.45) is 0 Å². The monoisotopic (exact) mass is 414 g/mol. The lowest BCUT2D eigenvalue weighted by Gasteiger charge is -2.07. The number of hydrazine groups is 1. The van der Waals surface area contributed by atoms with Crippen molar-refractivity contribution in [3.63, 3.8) is 0 Å². The number of nitrogens with one attached hydrogen (secondary N) is 2. The lowest BCUT2D eigenvalue weighted by molar-refractivity contribution is 0.0830. The third-order valence-corrected chi connectivity index (χ3v) is 5.62. The van der Waals surface area contributed by atoms with Gasteiger partial charge in [-0.05, 0) is 48.5 Å². The van der Waals surface area contributed by atoms with Crippen molar-refractivity contribution in [2.75, 3.05) is 7.11 Å². The third kappa shape index (κ3) is 5.02. The van der Waals surface area contributed by atoms with Gasteiger partial charge in [-0.15, -0.1) is 0 Å². The molecule has 0 aliphatic heterocycles. The highest BCUT2D eigenvalue weighted by Gasteiger charge is 2.19. The second-order valence-electron chi connectivity index (χ2n) is 5.97. The first-order chi connectivity index (χ1) is 13.9. The summed E-state index contributed by atoms with van der Waals surface area (Å²) >= 11 is 0. The lowest BCUT2D eigenvalue weighted by Crippen LogP contribution is -2.41. The SMILES string of the molecule is COc1ccc(C(=O)NNC(=O)c2ccc(CS(=O)(=O)c3ccccc3)o2)cc1. The Labute approximate surface area is 167 Å². The molecule has 1 heterocycles. The molecule has 0 unspecified atom stereocenters. The van der Waals surface area contributed by atoms with Gasteiger partial charge in [-0.2, -0.15) is 0 Å². The molecule has 0 saturated carbocycles. The van der Waals surface area contributed by atoms with Gasteiger partial charge in [-0.1, -0.05) is 18.2 Å². The van der Waals surface area contributed by atoms with Gasteiger partial charge in [0.1, 0.15) is 17.3 Å². The normalized spacial score (nSPS) is 10.9. The Morgan fingerprint density at radius 2 is 1.55 bits per heavy atom. The van der Waals surface area contributed by atoms with E-state index in [1.54, 1.807) is 42.5 Å². The van der Waals surface area contributed by atoms with E-state index in [-0.39, 0.29) is 22.2 Å². The Morgan fingerprint density at radius 1 is 0.897 bits per heavy atom. The molecule has 3 rings (SSSR count). The Hall–Kier alpha value is -3.59. The Bertz CT molecular complexity index is 1110.